The van der Waals surface area contributed by atoms with Gasteiger partial charge >= 0.3 is 0 Å². The third-order valence-corrected chi connectivity index (χ3v) is 5.31. The summed E-state index contributed by atoms with van der Waals surface area (Å²) in [6.07, 6.45) is 3.57. The van der Waals surface area contributed by atoms with Gasteiger partial charge in [-0.2, -0.15) is 0 Å². The van der Waals surface area contributed by atoms with Gasteiger partial charge in [0.1, 0.15) is 11.4 Å². The van der Waals surface area contributed by atoms with E-state index in [2.05, 4.69) is 16.9 Å². The summed E-state index contributed by atoms with van der Waals surface area (Å²) in [5, 5.41) is 11.8. The molecule has 0 amide bonds. The van der Waals surface area contributed by atoms with E-state index in [1.807, 2.05) is 0 Å². The lowest BCUT2D eigenvalue weighted by Crippen LogP contribution is -3.11. The maximum Gasteiger partial charge on any atom is 0.259 e. The number of quaternary nitrogens is 1. The molecule has 0 aromatic carbocycles. The van der Waals surface area contributed by atoms with Gasteiger partial charge in [-0.05, 0) is 18.8 Å². The molecule has 0 bridgehead atoms. The Morgan fingerprint density at radius 2 is 2.24 bits per heavy atom. The number of aromatic nitrogens is 2. The molecule has 21 heavy (non-hydrogen) atoms. The second kappa shape index (κ2) is 5.57. The molecule has 7 heteroatoms. The van der Waals surface area contributed by atoms with E-state index in [4.69, 9.17) is 0 Å². The van der Waals surface area contributed by atoms with E-state index in [0.29, 0.717) is 22.3 Å². The molecule has 112 valence electrons. The van der Waals surface area contributed by atoms with Crippen LogP contribution in [0.25, 0.3) is 10.2 Å². The highest BCUT2D eigenvalue weighted by molar-refractivity contribution is 7.20. The molecule has 2 aromatic rings. The number of likely N-dealkylation sites (tertiary alicyclic amines) is 1. The lowest BCUT2D eigenvalue weighted by Gasteiger charge is -2.27. The number of carbonyl (C=O) groups excluding carboxylic acids is 1. The lowest BCUT2D eigenvalue weighted by molar-refractivity contribution is -0.919. The van der Waals surface area contributed by atoms with Crippen LogP contribution in [0.5, 0.6) is 0 Å². The van der Waals surface area contributed by atoms with Crippen molar-refractivity contribution in [2.75, 3.05) is 13.1 Å². The largest absolute Gasteiger partial charge is 0.544 e. The molecule has 0 saturated carbocycles. The van der Waals surface area contributed by atoms with E-state index in [1.165, 1.54) is 11.2 Å². The van der Waals surface area contributed by atoms with Crippen molar-refractivity contribution in [3.05, 3.63) is 27.1 Å². The third kappa shape index (κ3) is 2.71. The van der Waals surface area contributed by atoms with Crippen molar-refractivity contribution in [2.24, 2.45) is 5.92 Å². The van der Waals surface area contributed by atoms with Crippen LogP contribution in [0.2, 0.25) is 0 Å². The van der Waals surface area contributed by atoms with Crippen LogP contribution < -0.4 is 15.6 Å². The van der Waals surface area contributed by atoms with Gasteiger partial charge in [-0.25, -0.2) is 4.98 Å². The Labute approximate surface area is 125 Å². The molecule has 0 aliphatic carbocycles. The molecular formula is C14H17N3O3S. The van der Waals surface area contributed by atoms with Gasteiger partial charge in [0.05, 0.1) is 35.6 Å². The molecule has 3 rings (SSSR count). The second-order valence-corrected chi connectivity index (χ2v) is 6.72. The van der Waals surface area contributed by atoms with Gasteiger partial charge in [0.15, 0.2) is 0 Å². The SMILES string of the molecule is CC1CC[NH+](Cc2c(C(=O)[O-])sc3nc[nH]c(=O)c23)CC1. The molecule has 6 nitrogen and oxygen atoms in total. The summed E-state index contributed by atoms with van der Waals surface area (Å²) in [6.45, 7) is 4.79. The highest BCUT2D eigenvalue weighted by Crippen LogP contribution is 2.26. The molecule has 0 unspecified atom stereocenters. The average molecular weight is 307 g/mol. The molecular weight excluding hydrogens is 290 g/mol. The van der Waals surface area contributed by atoms with Crippen molar-refractivity contribution < 1.29 is 14.8 Å². The number of aromatic carboxylic acids is 1. The number of carboxylic acid groups (broad SMARTS) is 1. The van der Waals surface area contributed by atoms with Gasteiger partial charge < -0.3 is 19.8 Å². The van der Waals surface area contributed by atoms with Gasteiger partial charge in [0, 0.05) is 5.56 Å². The first-order valence-electron chi connectivity index (χ1n) is 7.10. The minimum absolute atomic E-state index is 0.139. The van der Waals surface area contributed by atoms with Crippen molar-refractivity contribution in [1.82, 2.24) is 9.97 Å². The van der Waals surface area contributed by atoms with Gasteiger partial charge in [-0.1, -0.05) is 6.92 Å². The monoisotopic (exact) mass is 307 g/mol. The van der Waals surface area contributed by atoms with Crippen molar-refractivity contribution in [1.29, 1.82) is 0 Å². The van der Waals surface area contributed by atoms with Gasteiger partial charge in [-0.3, -0.25) is 4.79 Å². The van der Waals surface area contributed by atoms with E-state index < -0.39 is 5.97 Å². The number of hydrogen-bond donors (Lipinski definition) is 2. The second-order valence-electron chi connectivity index (χ2n) is 5.72. The Morgan fingerprint density at radius 1 is 1.52 bits per heavy atom. The summed E-state index contributed by atoms with van der Waals surface area (Å²) in [5.41, 5.74) is 0.303. The number of hydrogen-bond acceptors (Lipinski definition) is 5. The Morgan fingerprint density at radius 3 is 2.90 bits per heavy atom. The van der Waals surface area contributed by atoms with Gasteiger partial charge in [0.25, 0.3) is 5.56 Å². The van der Waals surface area contributed by atoms with E-state index in [-0.39, 0.29) is 10.4 Å². The maximum atomic E-state index is 12.0. The van der Waals surface area contributed by atoms with Crippen LogP contribution in [-0.2, 0) is 6.54 Å². The van der Waals surface area contributed by atoms with Crippen LogP contribution in [-0.4, -0.2) is 29.0 Å². The Hall–Kier alpha value is -1.73. The molecule has 1 saturated heterocycles. The van der Waals surface area contributed by atoms with E-state index in [1.54, 1.807) is 0 Å². The fourth-order valence-electron chi connectivity index (χ4n) is 2.93. The normalized spacial score (nSPS) is 22.5. The first-order chi connectivity index (χ1) is 10.1. The van der Waals surface area contributed by atoms with E-state index in [0.717, 1.165) is 43.2 Å². The quantitative estimate of drug-likeness (QED) is 0.774. The van der Waals surface area contributed by atoms with Crippen LogP contribution in [0, 0.1) is 5.92 Å². The molecule has 0 radical (unpaired) electrons. The highest BCUT2D eigenvalue weighted by atomic mass is 32.1. The number of nitrogens with zero attached hydrogens (tertiary/aromatic N) is 1. The first-order valence-corrected chi connectivity index (χ1v) is 7.92. The number of carboxylic acids is 1. The van der Waals surface area contributed by atoms with Crippen LogP contribution >= 0.6 is 11.3 Å². The molecule has 1 fully saturated rings. The predicted molar refractivity (Wildman–Crippen MR) is 77.4 cm³/mol. The number of rotatable bonds is 3. The van der Waals surface area contributed by atoms with Gasteiger partial charge in [-0.15, -0.1) is 11.3 Å². The van der Waals surface area contributed by atoms with E-state index >= 15 is 0 Å². The molecule has 1 aliphatic rings. The van der Waals surface area contributed by atoms with Crippen molar-refractivity contribution in [3.8, 4) is 0 Å². The summed E-state index contributed by atoms with van der Waals surface area (Å²) < 4.78 is 0. The van der Waals surface area contributed by atoms with Gasteiger partial charge in [0.2, 0.25) is 0 Å². The Balaban J connectivity index is 2.01. The molecule has 0 atom stereocenters. The van der Waals surface area contributed by atoms with Crippen LogP contribution in [0.3, 0.4) is 0 Å². The minimum atomic E-state index is -1.22. The summed E-state index contributed by atoms with van der Waals surface area (Å²) in [6, 6.07) is 0. The Kier molecular flexibility index (Phi) is 3.77. The molecule has 0 spiro atoms. The Bertz CT molecular complexity index is 729. The minimum Gasteiger partial charge on any atom is -0.544 e. The van der Waals surface area contributed by atoms with Crippen LogP contribution in [0.1, 0.15) is 35.0 Å². The summed E-state index contributed by atoms with van der Waals surface area (Å²) >= 11 is 1.03. The highest BCUT2D eigenvalue weighted by Gasteiger charge is 2.24. The molecule has 2 N–H and O–H groups in total. The number of carbonyl (C=O) groups is 1. The zero-order valence-corrected chi connectivity index (χ0v) is 12.6. The first kappa shape index (κ1) is 14.2. The smallest absolute Gasteiger partial charge is 0.259 e. The number of thiophene rings is 1. The molecule has 1 aliphatic heterocycles. The van der Waals surface area contributed by atoms with Crippen molar-refractivity contribution in [3.63, 3.8) is 0 Å². The summed E-state index contributed by atoms with van der Waals surface area (Å²) in [4.78, 5) is 31.9. The number of aromatic amines is 1. The third-order valence-electron chi connectivity index (χ3n) is 4.19. The number of piperidine rings is 1. The number of nitrogens with one attached hydrogen (secondary N) is 2. The topological polar surface area (TPSA) is 90.3 Å². The zero-order chi connectivity index (χ0) is 15.0. The average Bonchev–Trinajstić information content (AvgIpc) is 2.82. The summed E-state index contributed by atoms with van der Waals surface area (Å²) in [5.74, 6) is -0.504. The lowest BCUT2D eigenvalue weighted by atomic mass is 9.98. The predicted octanol–water partition coefficient (Wildman–Crippen LogP) is -0.837. The number of fused-ring (bicyclic) bond motifs is 1. The van der Waals surface area contributed by atoms with Crippen molar-refractivity contribution >= 4 is 27.5 Å². The zero-order valence-electron chi connectivity index (χ0n) is 11.8. The van der Waals surface area contributed by atoms with E-state index in [9.17, 15) is 14.7 Å². The maximum absolute atomic E-state index is 12.0. The van der Waals surface area contributed by atoms with Crippen LogP contribution in [0.15, 0.2) is 11.1 Å². The fourth-order valence-corrected chi connectivity index (χ4v) is 3.93. The molecule has 3 heterocycles. The number of H-pyrrole nitrogens is 1. The standard InChI is InChI=1S/C14H17N3O3S/c1-8-2-4-17(5-3-8)6-9-10-12(18)15-7-16-13(10)21-11(9)14(19)20/h7-8H,2-6H2,1H3,(H,19,20)(H,15,16,18). The molecule has 2 aromatic heterocycles. The van der Waals surface area contributed by atoms with Crippen molar-refractivity contribution in [2.45, 2.75) is 26.3 Å². The van der Waals surface area contributed by atoms with Crippen LogP contribution in [0.4, 0.5) is 0 Å². The fraction of sp³-hybridized carbons (Fsp3) is 0.500. The summed E-state index contributed by atoms with van der Waals surface area (Å²) in [7, 11) is 0.